The summed E-state index contributed by atoms with van der Waals surface area (Å²) in [6.07, 6.45) is 1.48. The molecular weight excluding hydrogens is 294 g/mol. The lowest BCUT2D eigenvalue weighted by Crippen LogP contribution is -2.37. The third kappa shape index (κ3) is 5.55. The molecule has 0 bridgehead atoms. The lowest BCUT2D eigenvalue weighted by atomic mass is 10.1. The molecule has 1 atom stereocenters. The fourth-order valence-electron chi connectivity index (χ4n) is 2.30. The summed E-state index contributed by atoms with van der Waals surface area (Å²) in [6.45, 7) is 5.14. The number of rotatable bonds is 8. The lowest BCUT2D eigenvalue weighted by molar-refractivity contribution is -0.127. The van der Waals surface area contributed by atoms with E-state index in [2.05, 4.69) is 0 Å². The number of amides is 1. The van der Waals surface area contributed by atoms with E-state index in [1.807, 2.05) is 11.4 Å². The molecule has 0 radical (unpaired) electrons. The summed E-state index contributed by atoms with van der Waals surface area (Å²) in [5.41, 5.74) is 0. The molecule has 1 unspecified atom stereocenters. The first kappa shape index (κ1) is 17.7. The maximum Gasteiger partial charge on any atom is 0.334 e. The first-order chi connectivity index (χ1) is 9.40. The van der Waals surface area contributed by atoms with Gasteiger partial charge in [0.15, 0.2) is 5.12 Å². The second kappa shape index (κ2) is 8.16. The molecule has 1 aliphatic rings. The van der Waals surface area contributed by atoms with Crippen molar-refractivity contribution in [3.63, 3.8) is 0 Å². The van der Waals surface area contributed by atoms with Crippen LogP contribution < -0.4 is 0 Å². The molecule has 0 N–H and O–H groups in total. The van der Waals surface area contributed by atoms with Crippen molar-refractivity contribution in [3.8, 4) is 0 Å². The molecule has 0 saturated carbocycles. The number of hydrogen-bond donors (Lipinski definition) is 0. The zero-order valence-corrected chi connectivity index (χ0v) is 14.6. The van der Waals surface area contributed by atoms with Crippen molar-refractivity contribution >= 4 is 31.3 Å². The van der Waals surface area contributed by atoms with Crippen molar-refractivity contribution in [3.05, 3.63) is 0 Å². The predicted molar refractivity (Wildman–Crippen MR) is 82.9 cm³/mol. The van der Waals surface area contributed by atoms with Crippen molar-refractivity contribution in [2.75, 3.05) is 33.1 Å². The van der Waals surface area contributed by atoms with Gasteiger partial charge in [0.25, 0.3) is 0 Å². The van der Waals surface area contributed by atoms with Crippen LogP contribution in [0.3, 0.4) is 0 Å². The maximum atomic E-state index is 11.9. The van der Waals surface area contributed by atoms with Gasteiger partial charge in [-0.3, -0.25) is 9.59 Å². The van der Waals surface area contributed by atoms with Gasteiger partial charge in [-0.05, 0) is 24.9 Å². The Morgan fingerprint density at radius 3 is 2.65 bits per heavy atom. The Kier molecular flexibility index (Phi) is 7.22. The van der Waals surface area contributed by atoms with Gasteiger partial charge in [0.1, 0.15) is 0 Å². The number of hydrogen-bond acceptors (Lipinski definition) is 5. The second-order valence-corrected chi connectivity index (χ2v) is 10.1. The van der Waals surface area contributed by atoms with Gasteiger partial charge in [0, 0.05) is 46.4 Å². The fourth-order valence-corrected chi connectivity index (χ4v) is 4.36. The van der Waals surface area contributed by atoms with Crippen LogP contribution in [0.5, 0.6) is 0 Å². The molecule has 0 aromatic carbocycles. The van der Waals surface area contributed by atoms with Gasteiger partial charge < -0.3 is 13.8 Å². The highest BCUT2D eigenvalue weighted by Crippen LogP contribution is 2.23. The Morgan fingerprint density at radius 1 is 1.45 bits per heavy atom. The van der Waals surface area contributed by atoms with Crippen LogP contribution in [0, 0.1) is 5.92 Å². The van der Waals surface area contributed by atoms with Gasteiger partial charge in [-0.25, -0.2) is 0 Å². The molecule has 1 aliphatic heterocycles. The summed E-state index contributed by atoms with van der Waals surface area (Å²) < 4.78 is 10.9. The van der Waals surface area contributed by atoms with Crippen LogP contribution in [0.1, 0.15) is 19.8 Å². The molecule has 0 aromatic heterocycles. The topological polar surface area (TPSA) is 55.8 Å². The zero-order valence-electron chi connectivity index (χ0n) is 12.8. The van der Waals surface area contributed by atoms with E-state index in [1.165, 1.54) is 11.8 Å². The highest BCUT2D eigenvalue weighted by molar-refractivity contribution is 8.13. The standard InChI is InChI=1S/C13H25NO4SSi/c1-11(15)19-10-12-8-13(16)14(9-12)6-5-7-20(4,17-2)18-3/h12H,5-10H2,1-4H3. The van der Waals surface area contributed by atoms with Crippen LogP contribution in [0.4, 0.5) is 0 Å². The number of carbonyl (C=O) groups excluding carboxylic acids is 2. The monoisotopic (exact) mass is 319 g/mol. The third-order valence-electron chi connectivity index (χ3n) is 3.74. The molecule has 0 spiro atoms. The average Bonchev–Trinajstić information content (AvgIpc) is 2.77. The minimum atomic E-state index is -2.03. The first-order valence-corrected chi connectivity index (χ1v) is 10.4. The summed E-state index contributed by atoms with van der Waals surface area (Å²) >= 11 is 1.32. The second-order valence-electron chi connectivity index (χ2n) is 5.36. The summed E-state index contributed by atoms with van der Waals surface area (Å²) in [4.78, 5) is 24.8. The molecule has 1 rings (SSSR count). The molecule has 7 heteroatoms. The highest BCUT2D eigenvalue weighted by Gasteiger charge is 2.32. The first-order valence-electron chi connectivity index (χ1n) is 6.91. The molecule has 1 heterocycles. The van der Waals surface area contributed by atoms with Crippen LogP contribution in [-0.4, -0.2) is 57.5 Å². The summed E-state index contributed by atoms with van der Waals surface area (Å²) in [6, 6.07) is 0.886. The van der Waals surface area contributed by atoms with Gasteiger partial charge in [-0.15, -0.1) is 0 Å². The van der Waals surface area contributed by atoms with Crippen molar-refractivity contribution in [1.82, 2.24) is 4.90 Å². The van der Waals surface area contributed by atoms with Crippen molar-refractivity contribution in [2.45, 2.75) is 32.4 Å². The van der Waals surface area contributed by atoms with E-state index in [0.717, 1.165) is 31.3 Å². The molecular formula is C13H25NO4SSi. The number of likely N-dealkylation sites (tertiary alicyclic amines) is 1. The Morgan fingerprint density at radius 2 is 2.10 bits per heavy atom. The number of nitrogens with zero attached hydrogens (tertiary/aromatic N) is 1. The van der Waals surface area contributed by atoms with Crippen LogP contribution in [0.25, 0.3) is 0 Å². The Labute approximate surface area is 126 Å². The molecule has 116 valence electrons. The quantitative estimate of drug-likeness (QED) is 0.639. The third-order valence-corrected chi connectivity index (χ3v) is 7.77. The summed E-state index contributed by atoms with van der Waals surface area (Å²) in [5, 5.41) is 0.123. The Balaban J connectivity index is 2.31. The van der Waals surface area contributed by atoms with E-state index in [0.29, 0.717) is 12.3 Å². The smallest absolute Gasteiger partial charge is 0.334 e. The van der Waals surface area contributed by atoms with Gasteiger partial charge in [-0.2, -0.15) is 0 Å². The van der Waals surface area contributed by atoms with E-state index in [1.54, 1.807) is 21.1 Å². The molecule has 1 saturated heterocycles. The van der Waals surface area contributed by atoms with Gasteiger partial charge >= 0.3 is 8.56 Å². The average molecular weight is 319 g/mol. The lowest BCUT2D eigenvalue weighted by Gasteiger charge is -2.24. The van der Waals surface area contributed by atoms with E-state index in [9.17, 15) is 9.59 Å². The largest absolute Gasteiger partial charge is 0.398 e. The fraction of sp³-hybridized carbons (Fsp3) is 0.846. The van der Waals surface area contributed by atoms with Crippen LogP contribution in [0.2, 0.25) is 12.6 Å². The molecule has 20 heavy (non-hydrogen) atoms. The van der Waals surface area contributed by atoms with Crippen molar-refractivity contribution < 1.29 is 18.4 Å². The number of thioether (sulfide) groups is 1. The van der Waals surface area contributed by atoms with Crippen molar-refractivity contribution in [1.29, 1.82) is 0 Å². The zero-order chi connectivity index (χ0) is 15.2. The van der Waals surface area contributed by atoms with Crippen LogP contribution >= 0.6 is 11.8 Å². The summed E-state index contributed by atoms with van der Waals surface area (Å²) in [7, 11) is 1.35. The van der Waals surface area contributed by atoms with E-state index < -0.39 is 8.56 Å². The molecule has 1 fully saturated rings. The minimum Gasteiger partial charge on any atom is -0.398 e. The van der Waals surface area contributed by atoms with Crippen molar-refractivity contribution in [2.24, 2.45) is 5.92 Å². The van der Waals surface area contributed by atoms with E-state index in [4.69, 9.17) is 8.85 Å². The van der Waals surface area contributed by atoms with Gasteiger partial charge in [-0.1, -0.05) is 11.8 Å². The molecule has 0 aliphatic carbocycles. The minimum absolute atomic E-state index is 0.123. The van der Waals surface area contributed by atoms with Gasteiger partial charge in [0.2, 0.25) is 5.91 Å². The van der Waals surface area contributed by atoms with Crippen LogP contribution in [0.15, 0.2) is 0 Å². The summed E-state index contributed by atoms with van der Waals surface area (Å²) in [5.74, 6) is 1.27. The SMILES string of the molecule is CO[Si](C)(CCCN1CC(CSC(C)=O)CC1=O)OC. The Hall–Kier alpha value is -0.373. The Bertz CT molecular complexity index is 349. The van der Waals surface area contributed by atoms with Gasteiger partial charge in [0.05, 0.1) is 0 Å². The van der Waals surface area contributed by atoms with E-state index >= 15 is 0 Å². The molecule has 5 nitrogen and oxygen atoms in total. The number of carbonyl (C=O) groups is 2. The predicted octanol–water partition coefficient (Wildman–Crippen LogP) is 1.87. The van der Waals surface area contributed by atoms with Crippen LogP contribution in [-0.2, 0) is 18.4 Å². The molecule has 0 aromatic rings. The molecule has 1 amide bonds. The highest BCUT2D eigenvalue weighted by atomic mass is 32.2. The normalized spacial score (nSPS) is 19.7. The van der Waals surface area contributed by atoms with E-state index in [-0.39, 0.29) is 11.0 Å². The maximum absolute atomic E-state index is 11.9.